The first-order chi connectivity index (χ1) is 13.0. The lowest BCUT2D eigenvalue weighted by Crippen LogP contribution is -2.09. The highest BCUT2D eigenvalue weighted by molar-refractivity contribution is 7.22. The molecular formula is C19H16N4O3S. The third-order valence-electron chi connectivity index (χ3n) is 4.01. The standard InChI is InChI=1S/C19H16N4O3S/c1-10-3-5-12(6-4-10)17-23-22-16(26-17)11(2)25-18(24)13-7-8-14-15(9-13)27-19(20)21-14/h3-9,11H,1-2H3,(H2,20,21). The molecule has 0 aliphatic rings. The second kappa shape index (κ2) is 6.81. The Hall–Kier alpha value is -3.26. The number of nitrogen functional groups attached to an aromatic ring is 1. The first kappa shape index (κ1) is 17.2. The number of aromatic nitrogens is 3. The van der Waals surface area contributed by atoms with E-state index >= 15 is 0 Å². The Morgan fingerprint density at radius 2 is 1.96 bits per heavy atom. The molecule has 2 aromatic carbocycles. The van der Waals surface area contributed by atoms with Crippen LogP contribution in [0, 0.1) is 6.92 Å². The SMILES string of the molecule is Cc1ccc(-c2nnc(C(C)OC(=O)c3ccc4nc(N)sc4c3)o2)cc1. The van der Waals surface area contributed by atoms with E-state index < -0.39 is 12.1 Å². The Labute approximate surface area is 158 Å². The van der Waals surface area contributed by atoms with E-state index in [4.69, 9.17) is 14.9 Å². The van der Waals surface area contributed by atoms with Crippen LogP contribution in [0.15, 0.2) is 46.9 Å². The Kier molecular flexibility index (Phi) is 4.33. The fraction of sp³-hybridized carbons (Fsp3) is 0.158. The van der Waals surface area contributed by atoms with E-state index in [1.165, 1.54) is 11.3 Å². The van der Waals surface area contributed by atoms with Gasteiger partial charge in [-0.05, 0) is 44.2 Å². The molecule has 0 spiro atoms. The first-order valence-corrected chi connectivity index (χ1v) is 9.09. The molecule has 1 atom stereocenters. The molecule has 7 nitrogen and oxygen atoms in total. The molecule has 0 fully saturated rings. The molecule has 1 unspecified atom stereocenters. The summed E-state index contributed by atoms with van der Waals surface area (Å²) >= 11 is 1.32. The number of rotatable bonds is 4. The number of anilines is 1. The van der Waals surface area contributed by atoms with Gasteiger partial charge in [-0.25, -0.2) is 9.78 Å². The maximum absolute atomic E-state index is 12.4. The van der Waals surface area contributed by atoms with Gasteiger partial charge in [0.1, 0.15) is 0 Å². The number of esters is 1. The number of benzene rings is 2. The lowest BCUT2D eigenvalue weighted by atomic mass is 10.1. The number of nitrogens with two attached hydrogens (primary N) is 1. The van der Waals surface area contributed by atoms with Gasteiger partial charge in [-0.3, -0.25) is 0 Å². The van der Waals surface area contributed by atoms with Crippen LogP contribution in [-0.2, 0) is 4.74 Å². The zero-order valence-corrected chi connectivity index (χ0v) is 15.5. The van der Waals surface area contributed by atoms with E-state index in [0.717, 1.165) is 21.3 Å². The summed E-state index contributed by atoms with van der Waals surface area (Å²) in [5.41, 5.74) is 8.81. The van der Waals surface area contributed by atoms with E-state index in [2.05, 4.69) is 15.2 Å². The lowest BCUT2D eigenvalue weighted by molar-refractivity contribution is 0.0280. The van der Waals surface area contributed by atoms with Gasteiger partial charge in [-0.2, -0.15) is 0 Å². The molecule has 0 aliphatic heterocycles. The smallest absolute Gasteiger partial charge is 0.338 e. The molecular weight excluding hydrogens is 364 g/mol. The predicted octanol–water partition coefficient (Wildman–Crippen LogP) is 4.15. The van der Waals surface area contributed by atoms with Crippen LogP contribution in [0.5, 0.6) is 0 Å². The molecule has 0 saturated heterocycles. The van der Waals surface area contributed by atoms with E-state index in [1.807, 2.05) is 31.2 Å². The number of thiazole rings is 1. The van der Waals surface area contributed by atoms with Crippen LogP contribution in [0.2, 0.25) is 0 Å². The molecule has 4 rings (SSSR count). The summed E-state index contributed by atoms with van der Waals surface area (Å²) in [5.74, 6) is 0.142. The van der Waals surface area contributed by atoms with Crippen molar-refractivity contribution < 1.29 is 13.9 Å². The van der Waals surface area contributed by atoms with Crippen molar-refractivity contribution in [3.8, 4) is 11.5 Å². The maximum Gasteiger partial charge on any atom is 0.338 e. The van der Waals surface area contributed by atoms with E-state index in [0.29, 0.717) is 16.6 Å². The average Bonchev–Trinajstić information content (AvgIpc) is 3.27. The molecule has 0 aliphatic carbocycles. The maximum atomic E-state index is 12.4. The Morgan fingerprint density at radius 3 is 2.74 bits per heavy atom. The molecule has 0 bridgehead atoms. The van der Waals surface area contributed by atoms with Gasteiger partial charge in [0, 0.05) is 5.56 Å². The largest absolute Gasteiger partial charge is 0.449 e. The van der Waals surface area contributed by atoms with Crippen LogP contribution in [0.4, 0.5) is 5.13 Å². The van der Waals surface area contributed by atoms with Gasteiger partial charge in [-0.1, -0.05) is 29.0 Å². The summed E-state index contributed by atoms with van der Waals surface area (Å²) in [6, 6.07) is 12.8. The molecule has 2 heterocycles. The van der Waals surface area contributed by atoms with Crippen molar-refractivity contribution in [2.75, 3.05) is 5.73 Å². The zero-order chi connectivity index (χ0) is 19.0. The molecule has 27 heavy (non-hydrogen) atoms. The minimum atomic E-state index is -0.675. The second-order valence-electron chi connectivity index (χ2n) is 6.09. The van der Waals surface area contributed by atoms with Gasteiger partial charge < -0.3 is 14.9 Å². The molecule has 0 amide bonds. The topological polar surface area (TPSA) is 104 Å². The van der Waals surface area contributed by atoms with Crippen LogP contribution in [-0.4, -0.2) is 21.2 Å². The van der Waals surface area contributed by atoms with Crippen molar-refractivity contribution in [3.05, 3.63) is 59.5 Å². The van der Waals surface area contributed by atoms with Crippen molar-refractivity contribution in [2.24, 2.45) is 0 Å². The molecule has 8 heteroatoms. The minimum Gasteiger partial charge on any atom is -0.449 e. The molecule has 2 N–H and O–H groups in total. The van der Waals surface area contributed by atoms with Crippen LogP contribution in [0.3, 0.4) is 0 Å². The molecule has 2 aromatic heterocycles. The van der Waals surface area contributed by atoms with E-state index in [-0.39, 0.29) is 5.89 Å². The van der Waals surface area contributed by atoms with E-state index in [9.17, 15) is 4.79 Å². The number of nitrogens with zero attached hydrogens (tertiary/aromatic N) is 3. The van der Waals surface area contributed by atoms with Gasteiger partial charge in [0.15, 0.2) is 11.2 Å². The number of hydrogen-bond acceptors (Lipinski definition) is 8. The number of carbonyl (C=O) groups is 1. The normalized spacial score (nSPS) is 12.2. The highest BCUT2D eigenvalue weighted by Gasteiger charge is 2.20. The van der Waals surface area contributed by atoms with Crippen LogP contribution in [0.25, 0.3) is 21.7 Å². The van der Waals surface area contributed by atoms with Crippen LogP contribution >= 0.6 is 11.3 Å². The summed E-state index contributed by atoms with van der Waals surface area (Å²) in [7, 11) is 0. The van der Waals surface area contributed by atoms with Crippen LogP contribution < -0.4 is 5.73 Å². The van der Waals surface area contributed by atoms with E-state index in [1.54, 1.807) is 25.1 Å². The van der Waals surface area contributed by atoms with Gasteiger partial charge >= 0.3 is 5.97 Å². The first-order valence-electron chi connectivity index (χ1n) is 8.27. The molecule has 0 saturated carbocycles. The number of hydrogen-bond donors (Lipinski definition) is 1. The third-order valence-corrected chi connectivity index (χ3v) is 4.86. The quantitative estimate of drug-likeness (QED) is 0.530. The average molecular weight is 380 g/mol. The summed E-state index contributed by atoms with van der Waals surface area (Å²) in [5, 5.41) is 8.49. The van der Waals surface area contributed by atoms with Crippen molar-refractivity contribution in [2.45, 2.75) is 20.0 Å². The third kappa shape index (κ3) is 3.52. The zero-order valence-electron chi connectivity index (χ0n) is 14.7. The highest BCUT2D eigenvalue weighted by atomic mass is 32.1. The van der Waals surface area contributed by atoms with Crippen molar-refractivity contribution in [1.82, 2.24) is 15.2 Å². The van der Waals surface area contributed by atoms with Gasteiger partial charge in [0.25, 0.3) is 5.89 Å². The highest BCUT2D eigenvalue weighted by Crippen LogP contribution is 2.27. The van der Waals surface area contributed by atoms with Gasteiger partial charge in [-0.15, -0.1) is 10.2 Å². The summed E-state index contributed by atoms with van der Waals surface area (Å²) in [6.07, 6.45) is -0.675. The number of fused-ring (bicyclic) bond motifs is 1. The van der Waals surface area contributed by atoms with Gasteiger partial charge in [0.2, 0.25) is 5.89 Å². The minimum absolute atomic E-state index is 0.238. The predicted molar refractivity (Wildman–Crippen MR) is 102 cm³/mol. The Balaban J connectivity index is 1.50. The van der Waals surface area contributed by atoms with Crippen LogP contribution in [0.1, 0.15) is 34.8 Å². The Bertz CT molecular complexity index is 1120. The monoisotopic (exact) mass is 380 g/mol. The molecule has 4 aromatic rings. The summed E-state index contributed by atoms with van der Waals surface area (Å²) < 4.78 is 11.9. The molecule has 136 valence electrons. The summed E-state index contributed by atoms with van der Waals surface area (Å²) in [4.78, 5) is 16.6. The second-order valence-corrected chi connectivity index (χ2v) is 7.16. The van der Waals surface area contributed by atoms with Crippen molar-refractivity contribution in [1.29, 1.82) is 0 Å². The fourth-order valence-electron chi connectivity index (χ4n) is 2.56. The number of carbonyl (C=O) groups excluding carboxylic acids is 1. The number of ether oxygens (including phenoxy) is 1. The van der Waals surface area contributed by atoms with Crippen molar-refractivity contribution in [3.63, 3.8) is 0 Å². The van der Waals surface area contributed by atoms with Crippen molar-refractivity contribution >= 4 is 32.7 Å². The fourth-order valence-corrected chi connectivity index (χ4v) is 3.33. The lowest BCUT2D eigenvalue weighted by Gasteiger charge is -2.09. The number of aryl methyl sites for hydroxylation is 1. The molecule has 0 radical (unpaired) electrons. The van der Waals surface area contributed by atoms with Gasteiger partial charge in [0.05, 0.1) is 15.8 Å². The summed E-state index contributed by atoms with van der Waals surface area (Å²) in [6.45, 7) is 3.69. The Morgan fingerprint density at radius 1 is 1.19 bits per heavy atom.